The van der Waals surface area contributed by atoms with Crippen molar-refractivity contribution in [2.24, 2.45) is 5.92 Å². The zero-order valence-electron chi connectivity index (χ0n) is 19.0. The molecule has 33 heavy (non-hydrogen) atoms. The second-order valence-electron chi connectivity index (χ2n) is 8.60. The minimum Gasteiger partial charge on any atom is -0.342 e. The van der Waals surface area contributed by atoms with E-state index in [0.29, 0.717) is 39.1 Å². The van der Waals surface area contributed by atoms with Crippen molar-refractivity contribution < 1.29 is 14.4 Å². The Morgan fingerprint density at radius 2 is 1.97 bits per heavy atom. The number of hydrogen-bond acceptors (Lipinski definition) is 4. The second kappa shape index (κ2) is 9.98. The maximum Gasteiger partial charge on any atom is 0.246 e. The van der Waals surface area contributed by atoms with Crippen LogP contribution in [0.4, 0.5) is 0 Å². The van der Waals surface area contributed by atoms with E-state index in [1.54, 1.807) is 27.0 Å². The lowest BCUT2D eigenvalue weighted by Crippen LogP contribution is -2.60. The minimum atomic E-state index is -0.596. The van der Waals surface area contributed by atoms with Crippen LogP contribution in [0.1, 0.15) is 18.9 Å². The molecule has 0 bridgehead atoms. The third-order valence-electron chi connectivity index (χ3n) is 6.51. The molecule has 0 aliphatic carbocycles. The average molecular weight is 447 g/mol. The summed E-state index contributed by atoms with van der Waals surface area (Å²) in [5, 5.41) is 0. The van der Waals surface area contributed by atoms with Crippen LogP contribution >= 0.6 is 0 Å². The Labute approximate surface area is 194 Å². The Kier molecular flexibility index (Phi) is 6.87. The van der Waals surface area contributed by atoms with E-state index in [-0.39, 0.29) is 30.1 Å². The number of likely N-dealkylation sites (tertiary alicyclic amines) is 1. The molecule has 0 saturated carbocycles. The van der Waals surface area contributed by atoms with Gasteiger partial charge in [0.15, 0.2) is 0 Å². The van der Waals surface area contributed by atoms with Gasteiger partial charge in [-0.15, -0.1) is 6.58 Å². The molecule has 2 saturated heterocycles. The number of rotatable bonds is 7. The average Bonchev–Trinajstić information content (AvgIpc) is 3.23. The summed E-state index contributed by atoms with van der Waals surface area (Å²) in [6.07, 6.45) is 5.90. The number of carbonyl (C=O) groups is 3. The number of nitrogens with zero attached hydrogens (tertiary/aromatic N) is 4. The van der Waals surface area contributed by atoms with E-state index in [9.17, 15) is 14.4 Å². The second-order valence-corrected chi connectivity index (χ2v) is 8.60. The Hall–Kier alpha value is -3.48. The number of amides is 3. The predicted octanol–water partition coefficient (Wildman–Crippen LogP) is 2.38. The highest BCUT2D eigenvalue weighted by Gasteiger charge is 2.42. The Morgan fingerprint density at radius 1 is 1.15 bits per heavy atom. The molecule has 0 spiro atoms. The van der Waals surface area contributed by atoms with Gasteiger partial charge in [-0.3, -0.25) is 19.4 Å². The first-order valence-electron chi connectivity index (χ1n) is 11.5. The van der Waals surface area contributed by atoms with Crippen LogP contribution < -0.4 is 0 Å². The lowest BCUT2D eigenvalue weighted by Gasteiger charge is -2.41. The van der Waals surface area contributed by atoms with Crippen molar-refractivity contribution in [3.8, 4) is 11.1 Å². The molecule has 0 N–H and O–H groups in total. The number of piperazine rings is 1. The molecule has 2 atom stereocenters. The SMILES string of the molecule is C=CCN1CCN(C(=O)C2CC(=O)N(CC)C2)C(Cc2cccc(-c3cccnc3)c2)C1=O. The van der Waals surface area contributed by atoms with Crippen LogP contribution in [0, 0.1) is 5.92 Å². The predicted molar refractivity (Wildman–Crippen MR) is 126 cm³/mol. The third kappa shape index (κ3) is 4.82. The Balaban J connectivity index is 1.59. The fourth-order valence-electron chi connectivity index (χ4n) is 4.75. The van der Waals surface area contributed by atoms with Gasteiger partial charge in [-0.1, -0.05) is 36.4 Å². The monoisotopic (exact) mass is 446 g/mol. The minimum absolute atomic E-state index is 0.00758. The summed E-state index contributed by atoms with van der Waals surface area (Å²) >= 11 is 0. The molecule has 7 heteroatoms. The summed E-state index contributed by atoms with van der Waals surface area (Å²) in [6.45, 7) is 8.10. The van der Waals surface area contributed by atoms with E-state index >= 15 is 0 Å². The van der Waals surface area contributed by atoms with Crippen molar-refractivity contribution in [1.29, 1.82) is 0 Å². The molecule has 2 aliphatic rings. The standard InChI is InChI=1S/C26H30N4O3/c1-3-11-29-12-13-30(25(32)22-16-24(31)28(4-2)18-22)23(26(29)33)15-19-7-5-8-20(14-19)21-9-6-10-27-17-21/h3,5-10,14,17,22-23H,1,4,11-13,15-16,18H2,2H3. The Bertz CT molecular complexity index is 1040. The first kappa shape index (κ1) is 22.7. The molecule has 7 nitrogen and oxygen atoms in total. The molecule has 172 valence electrons. The van der Waals surface area contributed by atoms with Crippen LogP contribution in [-0.4, -0.2) is 76.2 Å². The van der Waals surface area contributed by atoms with Crippen molar-refractivity contribution in [2.75, 3.05) is 32.7 Å². The number of benzene rings is 1. The summed E-state index contributed by atoms with van der Waals surface area (Å²) in [7, 11) is 0. The number of carbonyl (C=O) groups excluding carboxylic acids is 3. The molecule has 2 aromatic rings. The molecule has 4 rings (SSSR count). The van der Waals surface area contributed by atoms with Crippen LogP contribution in [0.25, 0.3) is 11.1 Å². The lowest BCUT2D eigenvalue weighted by atomic mass is 9.96. The topological polar surface area (TPSA) is 73.8 Å². The van der Waals surface area contributed by atoms with E-state index in [0.717, 1.165) is 16.7 Å². The third-order valence-corrected chi connectivity index (χ3v) is 6.51. The largest absolute Gasteiger partial charge is 0.342 e. The van der Waals surface area contributed by atoms with Crippen molar-refractivity contribution in [1.82, 2.24) is 19.7 Å². The fraction of sp³-hybridized carbons (Fsp3) is 0.385. The molecular weight excluding hydrogens is 416 g/mol. The van der Waals surface area contributed by atoms with Crippen molar-refractivity contribution in [2.45, 2.75) is 25.8 Å². The van der Waals surface area contributed by atoms with Gasteiger partial charge in [-0.25, -0.2) is 0 Å². The van der Waals surface area contributed by atoms with Gasteiger partial charge < -0.3 is 14.7 Å². The summed E-state index contributed by atoms with van der Waals surface area (Å²) in [4.78, 5) is 48.4. The van der Waals surface area contributed by atoms with Gasteiger partial charge in [0.05, 0.1) is 5.92 Å². The maximum absolute atomic E-state index is 13.5. The molecule has 3 heterocycles. The van der Waals surface area contributed by atoms with Crippen LogP contribution in [0.2, 0.25) is 0 Å². The molecule has 3 amide bonds. The zero-order chi connectivity index (χ0) is 23.4. The van der Waals surface area contributed by atoms with E-state index in [1.807, 2.05) is 43.5 Å². The van der Waals surface area contributed by atoms with Crippen molar-refractivity contribution in [3.63, 3.8) is 0 Å². The summed E-state index contributed by atoms with van der Waals surface area (Å²) in [6, 6.07) is 11.3. The summed E-state index contributed by atoms with van der Waals surface area (Å²) < 4.78 is 0. The molecule has 1 aromatic carbocycles. The van der Waals surface area contributed by atoms with Crippen LogP contribution in [0.5, 0.6) is 0 Å². The highest BCUT2D eigenvalue weighted by atomic mass is 16.2. The smallest absolute Gasteiger partial charge is 0.246 e. The number of aromatic nitrogens is 1. The molecule has 1 aromatic heterocycles. The molecule has 2 unspecified atom stereocenters. The molecule has 2 fully saturated rings. The molecule has 2 aliphatic heterocycles. The normalized spacial score (nSPS) is 20.9. The van der Waals surface area contributed by atoms with Gasteiger partial charge in [0.1, 0.15) is 6.04 Å². The lowest BCUT2D eigenvalue weighted by molar-refractivity contribution is -0.153. The van der Waals surface area contributed by atoms with Crippen LogP contribution in [0.15, 0.2) is 61.4 Å². The van der Waals surface area contributed by atoms with Crippen LogP contribution in [0.3, 0.4) is 0 Å². The number of pyridine rings is 1. The zero-order valence-corrected chi connectivity index (χ0v) is 19.0. The van der Waals surface area contributed by atoms with Gasteiger partial charge in [-0.2, -0.15) is 0 Å². The fourth-order valence-corrected chi connectivity index (χ4v) is 4.75. The summed E-state index contributed by atoms with van der Waals surface area (Å²) in [5.74, 6) is -0.550. The van der Waals surface area contributed by atoms with Gasteiger partial charge in [0.25, 0.3) is 0 Å². The van der Waals surface area contributed by atoms with Crippen molar-refractivity contribution in [3.05, 3.63) is 67.0 Å². The number of hydrogen-bond donors (Lipinski definition) is 0. The molecular formula is C26H30N4O3. The highest BCUT2D eigenvalue weighted by molar-refractivity contribution is 5.93. The van der Waals surface area contributed by atoms with Crippen molar-refractivity contribution >= 4 is 17.7 Å². The summed E-state index contributed by atoms with van der Waals surface area (Å²) in [5.41, 5.74) is 3.00. The van der Waals surface area contributed by atoms with E-state index in [1.165, 1.54) is 0 Å². The van der Waals surface area contributed by atoms with E-state index in [2.05, 4.69) is 17.6 Å². The highest BCUT2D eigenvalue weighted by Crippen LogP contribution is 2.26. The first-order valence-corrected chi connectivity index (χ1v) is 11.5. The first-order chi connectivity index (χ1) is 16.0. The molecule has 0 radical (unpaired) electrons. The van der Waals surface area contributed by atoms with Gasteiger partial charge in [-0.05, 0) is 29.7 Å². The maximum atomic E-state index is 13.5. The van der Waals surface area contributed by atoms with E-state index < -0.39 is 6.04 Å². The van der Waals surface area contributed by atoms with E-state index in [4.69, 9.17) is 0 Å². The Morgan fingerprint density at radius 3 is 2.67 bits per heavy atom. The quantitative estimate of drug-likeness (QED) is 0.612. The van der Waals surface area contributed by atoms with Crippen LogP contribution in [-0.2, 0) is 20.8 Å². The van der Waals surface area contributed by atoms with Gasteiger partial charge in [0, 0.05) is 58.0 Å². The van der Waals surface area contributed by atoms with Gasteiger partial charge >= 0.3 is 0 Å². The van der Waals surface area contributed by atoms with Gasteiger partial charge in [0.2, 0.25) is 17.7 Å².